The zero-order valence-electron chi connectivity index (χ0n) is 18.5. The topological polar surface area (TPSA) is 70.7 Å². The number of carbonyl (C=O) groups is 2. The first-order valence-corrected chi connectivity index (χ1v) is 10.9. The molecule has 0 aliphatic carbocycles. The number of nitrogens with one attached hydrogen (secondary N) is 2. The second kappa shape index (κ2) is 11.2. The minimum absolute atomic E-state index is 0.115. The third-order valence-corrected chi connectivity index (χ3v) is 5.46. The molecule has 0 unspecified atom stereocenters. The standard InChI is InChI=1S/C24H28F3N3O3/c1-33-14-6-11-28-23(32)20-16-19(9-10-21(20)30-12-3-2-4-13-30)29-22(31)17-7-5-8-18(15-17)24(25,26)27/h5,7-10,15-16H,2-4,6,11-14H2,1H3,(H,28,32)(H,29,31). The second-order valence-corrected chi connectivity index (χ2v) is 7.91. The Hall–Kier alpha value is -3.07. The van der Waals surface area contributed by atoms with Crippen LogP contribution in [-0.2, 0) is 10.9 Å². The van der Waals surface area contributed by atoms with E-state index in [4.69, 9.17) is 4.74 Å². The van der Waals surface area contributed by atoms with Gasteiger partial charge in [-0.1, -0.05) is 6.07 Å². The monoisotopic (exact) mass is 463 g/mol. The SMILES string of the molecule is COCCCNC(=O)c1cc(NC(=O)c2cccc(C(F)(F)F)c2)ccc1N1CCCCC1. The number of benzene rings is 2. The van der Waals surface area contributed by atoms with E-state index in [1.807, 2.05) is 0 Å². The van der Waals surface area contributed by atoms with Crippen LogP contribution in [0.25, 0.3) is 0 Å². The summed E-state index contributed by atoms with van der Waals surface area (Å²) in [5, 5.41) is 5.48. The maximum Gasteiger partial charge on any atom is 0.416 e. The van der Waals surface area contributed by atoms with Crippen LogP contribution in [0.2, 0.25) is 0 Å². The van der Waals surface area contributed by atoms with Gasteiger partial charge in [0.15, 0.2) is 0 Å². The highest BCUT2D eigenvalue weighted by Crippen LogP contribution is 2.30. The van der Waals surface area contributed by atoms with Crippen molar-refractivity contribution >= 4 is 23.2 Å². The van der Waals surface area contributed by atoms with Gasteiger partial charge in [0.2, 0.25) is 0 Å². The maximum absolute atomic E-state index is 13.0. The van der Waals surface area contributed by atoms with E-state index >= 15 is 0 Å². The Morgan fingerprint density at radius 3 is 2.48 bits per heavy atom. The number of hydrogen-bond acceptors (Lipinski definition) is 4. The molecule has 2 aromatic carbocycles. The predicted molar refractivity (Wildman–Crippen MR) is 121 cm³/mol. The summed E-state index contributed by atoms with van der Waals surface area (Å²) in [4.78, 5) is 27.7. The van der Waals surface area contributed by atoms with Gasteiger partial charge in [0.25, 0.3) is 11.8 Å². The molecule has 0 aromatic heterocycles. The van der Waals surface area contributed by atoms with E-state index in [2.05, 4.69) is 15.5 Å². The predicted octanol–water partition coefficient (Wildman–Crippen LogP) is 4.71. The molecule has 3 rings (SSSR count). The first-order valence-electron chi connectivity index (χ1n) is 10.9. The number of nitrogens with zero attached hydrogens (tertiary/aromatic N) is 1. The first kappa shape index (κ1) is 24.6. The molecular weight excluding hydrogens is 435 g/mol. The lowest BCUT2D eigenvalue weighted by molar-refractivity contribution is -0.137. The Kier molecular flexibility index (Phi) is 8.32. The Balaban J connectivity index is 1.82. The Labute approximate surface area is 191 Å². The summed E-state index contributed by atoms with van der Waals surface area (Å²) in [6.45, 7) is 2.62. The van der Waals surface area contributed by atoms with Gasteiger partial charge in [-0.05, 0) is 62.1 Å². The smallest absolute Gasteiger partial charge is 0.385 e. The largest absolute Gasteiger partial charge is 0.416 e. The van der Waals surface area contributed by atoms with Gasteiger partial charge in [-0.25, -0.2) is 0 Å². The molecule has 2 aromatic rings. The zero-order chi connectivity index (χ0) is 23.8. The van der Waals surface area contributed by atoms with Crippen LogP contribution in [0.4, 0.5) is 24.5 Å². The second-order valence-electron chi connectivity index (χ2n) is 7.91. The molecular formula is C24H28F3N3O3. The van der Waals surface area contributed by atoms with E-state index in [-0.39, 0.29) is 11.5 Å². The molecule has 33 heavy (non-hydrogen) atoms. The molecule has 2 N–H and O–H groups in total. The summed E-state index contributed by atoms with van der Waals surface area (Å²) < 4.78 is 44.0. The quantitative estimate of drug-likeness (QED) is 0.556. The molecule has 178 valence electrons. The first-order chi connectivity index (χ1) is 15.8. The summed E-state index contributed by atoms with van der Waals surface area (Å²) in [6.07, 6.45) is -0.681. The van der Waals surface area contributed by atoms with Gasteiger partial charge < -0.3 is 20.3 Å². The summed E-state index contributed by atoms with van der Waals surface area (Å²) in [7, 11) is 1.59. The molecule has 9 heteroatoms. The number of amides is 2. The maximum atomic E-state index is 13.0. The van der Waals surface area contributed by atoms with Crippen molar-refractivity contribution in [2.45, 2.75) is 31.9 Å². The summed E-state index contributed by atoms with van der Waals surface area (Å²) in [5.41, 5.74) is 0.509. The number of alkyl halides is 3. The summed E-state index contributed by atoms with van der Waals surface area (Å²) in [5.74, 6) is -0.958. The normalized spacial score (nSPS) is 14.1. The molecule has 0 spiro atoms. The molecule has 0 saturated carbocycles. The lowest BCUT2D eigenvalue weighted by Gasteiger charge is -2.30. The average Bonchev–Trinajstić information content (AvgIpc) is 2.82. The van der Waals surface area contributed by atoms with Crippen LogP contribution in [0.3, 0.4) is 0 Å². The van der Waals surface area contributed by atoms with Crippen LogP contribution in [0.1, 0.15) is 52.0 Å². The van der Waals surface area contributed by atoms with Gasteiger partial charge >= 0.3 is 6.18 Å². The molecule has 0 atom stereocenters. The number of rotatable bonds is 8. The number of piperidine rings is 1. The van der Waals surface area contributed by atoms with Gasteiger partial charge in [0.1, 0.15) is 0 Å². The van der Waals surface area contributed by atoms with Gasteiger partial charge in [0, 0.05) is 50.3 Å². The van der Waals surface area contributed by atoms with Gasteiger partial charge in [-0.15, -0.1) is 0 Å². The number of anilines is 2. The van der Waals surface area contributed by atoms with Crippen LogP contribution in [0.5, 0.6) is 0 Å². The van der Waals surface area contributed by atoms with E-state index < -0.39 is 17.6 Å². The molecule has 1 aliphatic rings. The summed E-state index contributed by atoms with van der Waals surface area (Å²) >= 11 is 0. The number of halogens is 3. The van der Waals surface area contributed by atoms with Crippen molar-refractivity contribution in [2.75, 3.05) is 43.6 Å². The van der Waals surface area contributed by atoms with Gasteiger partial charge in [0.05, 0.1) is 11.1 Å². The molecule has 0 bridgehead atoms. The molecule has 6 nitrogen and oxygen atoms in total. The Morgan fingerprint density at radius 1 is 1.03 bits per heavy atom. The Morgan fingerprint density at radius 2 is 1.79 bits per heavy atom. The van der Waals surface area contributed by atoms with Gasteiger partial charge in [-0.2, -0.15) is 13.2 Å². The highest BCUT2D eigenvalue weighted by molar-refractivity contribution is 6.06. The van der Waals surface area contributed by atoms with Crippen LogP contribution in [0, 0.1) is 0 Å². The van der Waals surface area contributed by atoms with Crippen LogP contribution < -0.4 is 15.5 Å². The number of methoxy groups -OCH3 is 1. The highest BCUT2D eigenvalue weighted by Gasteiger charge is 2.31. The third kappa shape index (κ3) is 6.71. The molecule has 2 amide bonds. The third-order valence-electron chi connectivity index (χ3n) is 5.46. The van der Waals surface area contributed by atoms with Crippen LogP contribution in [0.15, 0.2) is 42.5 Å². The van der Waals surface area contributed by atoms with E-state index in [0.717, 1.165) is 50.2 Å². The van der Waals surface area contributed by atoms with Crippen molar-refractivity contribution < 1.29 is 27.5 Å². The number of ether oxygens (including phenoxy) is 1. The number of carbonyl (C=O) groups excluding carboxylic acids is 2. The molecule has 1 fully saturated rings. The van der Waals surface area contributed by atoms with Crippen molar-refractivity contribution in [3.05, 3.63) is 59.2 Å². The average molecular weight is 464 g/mol. The van der Waals surface area contributed by atoms with Crippen LogP contribution in [-0.4, -0.2) is 45.2 Å². The summed E-state index contributed by atoms with van der Waals surface area (Å²) in [6, 6.07) is 9.23. The zero-order valence-corrected chi connectivity index (χ0v) is 18.5. The lowest BCUT2D eigenvalue weighted by Crippen LogP contribution is -2.33. The van der Waals surface area contributed by atoms with E-state index in [0.29, 0.717) is 30.8 Å². The van der Waals surface area contributed by atoms with Crippen molar-refractivity contribution in [1.82, 2.24) is 5.32 Å². The molecule has 1 saturated heterocycles. The van der Waals surface area contributed by atoms with E-state index in [1.54, 1.807) is 25.3 Å². The minimum Gasteiger partial charge on any atom is -0.385 e. The minimum atomic E-state index is -4.54. The number of hydrogen-bond donors (Lipinski definition) is 2. The molecule has 1 aliphatic heterocycles. The van der Waals surface area contributed by atoms with Crippen molar-refractivity contribution in [3.63, 3.8) is 0 Å². The van der Waals surface area contributed by atoms with E-state index in [1.165, 1.54) is 12.1 Å². The fourth-order valence-electron chi connectivity index (χ4n) is 3.76. The van der Waals surface area contributed by atoms with Crippen LogP contribution >= 0.6 is 0 Å². The Bertz CT molecular complexity index is 973. The molecule has 1 heterocycles. The highest BCUT2D eigenvalue weighted by atomic mass is 19.4. The van der Waals surface area contributed by atoms with Gasteiger partial charge in [-0.3, -0.25) is 9.59 Å². The fraction of sp³-hybridized carbons (Fsp3) is 0.417. The molecule has 0 radical (unpaired) electrons. The van der Waals surface area contributed by atoms with Crippen molar-refractivity contribution in [1.29, 1.82) is 0 Å². The van der Waals surface area contributed by atoms with Crippen molar-refractivity contribution in [3.8, 4) is 0 Å². The van der Waals surface area contributed by atoms with E-state index in [9.17, 15) is 22.8 Å². The lowest BCUT2D eigenvalue weighted by atomic mass is 10.1. The van der Waals surface area contributed by atoms with Crippen molar-refractivity contribution in [2.24, 2.45) is 0 Å². The fourth-order valence-corrected chi connectivity index (χ4v) is 3.76.